The smallest absolute Gasteiger partial charge is 0.337 e. The Bertz CT molecular complexity index is 1350. The van der Waals surface area contributed by atoms with E-state index in [4.69, 9.17) is 16.0 Å². The molecular formula is C25H17ClFNO5S. The van der Waals surface area contributed by atoms with Gasteiger partial charge in [-0.1, -0.05) is 35.9 Å². The molecule has 0 bridgehead atoms. The van der Waals surface area contributed by atoms with Gasteiger partial charge in [-0.05, 0) is 66.2 Å². The average Bonchev–Trinajstić information content (AvgIpc) is 3.36. The SMILES string of the molecule is C=C(Cc1ccc(F)cc1)CN1C(=O)S/C(=C\c2ccc(-c3ccc(Cl)c(C(=O)O)c3)o2)C1=O. The maximum Gasteiger partial charge on any atom is 0.337 e. The highest BCUT2D eigenvalue weighted by Gasteiger charge is 2.35. The number of imide groups is 1. The molecule has 0 radical (unpaired) electrons. The summed E-state index contributed by atoms with van der Waals surface area (Å²) in [4.78, 5) is 37.8. The van der Waals surface area contributed by atoms with Crippen LogP contribution >= 0.6 is 23.4 Å². The van der Waals surface area contributed by atoms with Crippen LogP contribution in [0.1, 0.15) is 21.7 Å². The number of thioether (sulfide) groups is 1. The molecule has 0 aliphatic carbocycles. The van der Waals surface area contributed by atoms with Crippen LogP contribution in [0.5, 0.6) is 0 Å². The van der Waals surface area contributed by atoms with E-state index in [-0.39, 0.29) is 27.9 Å². The van der Waals surface area contributed by atoms with E-state index < -0.39 is 17.1 Å². The molecule has 2 heterocycles. The van der Waals surface area contributed by atoms with E-state index in [2.05, 4.69) is 6.58 Å². The molecule has 2 amide bonds. The molecule has 2 aromatic carbocycles. The monoisotopic (exact) mass is 497 g/mol. The third-order valence-electron chi connectivity index (χ3n) is 5.00. The Balaban J connectivity index is 1.47. The Labute approximate surface area is 203 Å². The lowest BCUT2D eigenvalue weighted by Gasteiger charge is -2.14. The predicted molar refractivity (Wildman–Crippen MR) is 128 cm³/mol. The summed E-state index contributed by atoms with van der Waals surface area (Å²) in [5, 5.41) is 8.93. The average molecular weight is 498 g/mol. The number of nitrogens with zero attached hydrogens (tertiary/aromatic N) is 1. The van der Waals surface area contributed by atoms with E-state index >= 15 is 0 Å². The van der Waals surface area contributed by atoms with E-state index in [1.807, 2.05) is 0 Å². The highest BCUT2D eigenvalue weighted by molar-refractivity contribution is 8.18. The number of carbonyl (C=O) groups excluding carboxylic acids is 2. The molecule has 1 N–H and O–H groups in total. The number of carboxylic acids is 1. The van der Waals surface area contributed by atoms with Crippen molar-refractivity contribution in [1.82, 2.24) is 4.90 Å². The number of carboxylic acid groups (broad SMARTS) is 1. The van der Waals surface area contributed by atoms with Crippen LogP contribution in [-0.2, 0) is 11.2 Å². The summed E-state index contributed by atoms with van der Waals surface area (Å²) in [5.41, 5.74) is 1.91. The Morgan fingerprint density at radius 3 is 2.59 bits per heavy atom. The van der Waals surface area contributed by atoms with Crippen LogP contribution < -0.4 is 0 Å². The minimum absolute atomic E-state index is 0.0472. The largest absolute Gasteiger partial charge is 0.478 e. The number of furan rings is 1. The molecule has 0 saturated carbocycles. The molecule has 4 rings (SSSR count). The van der Waals surface area contributed by atoms with Gasteiger partial charge < -0.3 is 9.52 Å². The molecule has 1 aliphatic heterocycles. The first kappa shape index (κ1) is 23.5. The van der Waals surface area contributed by atoms with E-state index in [9.17, 15) is 23.9 Å². The first-order valence-electron chi connectivity index (χ1n) is 10.0. The Kier molecular flexibility index (Phi) is 6.72. The minimum Gasteiger partial charge on any atom is -0.478 e. The van der Waals surface area contributed by atoms with Crippen molar-refractivity contribution in [2.45, 2.75) is 6.42 Å². The van der Waals surface area contributed by atoms with Crippen molar-refractivity contribution in [1.29, 1.82) is 0 Å². The van der Waals surface area contributed by atoms with Crippen molar-refractivity contribution in [2.24, 2.45) is 0 Å². The second-order valence-electron chi connectivity index (χ2n) is 7.52. The standard InChI is InChI=1S/C25H17ClFNO5S/c1-14(10-15-2-5-17(27)6-3-15)13-28-23(29)22(34-25(28)32)12-18-7-9-21(33-18)16-4-8-20(26)19(11-16)24(30)31/h2-9,11-12H,1,10,13H2,(H,30,31)/b22-12-. The van der Waals surface area contributed by atoms with Crippen LogP contribution in [0.2, 0.25) is 5.02 Å². The molecule has 0 spiro atoms. The van der Waals surface area contributed by atoms with Crippen molar-refractivity contribution < 1.29 is 28.3 Å². The fourth-order valence-electron chi connectivity index (χ4n) is 3.36. The number of amides is 2. The van der Waals surface area contributed by atoms with Gasteiger partial charge in [0.15, 0.2) is 0 Å². The lowest BCUT2D eigenvalue weighted by Crippen LogP contribution is -2.30. The summed E-state index contributed by atoms with van der Waals surface area (Å²) in [6, 6.07) is 13.7. The van der Waals surface area contributed by atoms with Crippen molar-refractivity contribution >= 4 is 46.6 Å². The van der Waals surface area contributed by atoms with Gasteiger partial charge in [0.2, 0.25) is 0 Å². The van der Waals surface area contributed by atoms with Crippen molar-refractivity contribution in [3.63, 3.8) is 0 Å². The lowest BCUT2D eigenvalue weighted by atomic mass is 10.1. The van der Waals surface area contributed by atoms with Crippen molar-refractivity contribution in [3.8, 4) is 11.3 Å². The molecule has 34 heavy (non-hydrogen) atoms. The fraction of sp³-hybridized carbons (Fsp3) is 0.0800. The maximum atomic E-state index is 13.1. The van der Waals surface area contributed by atoms with E-state index in [0.717, 1.165) is 22.2 Å². The molecule has 0 atom stereocenters. The molecule has 1 aliphatic rings. The number of aromatic carboxylic acids is 1. The predicted octanol–water partition coefficient (Wildman–Crippen LogP) is 6.27. The zero-order valence-corrected chi connectivity index (χ0v) is 19.2. The molecule has 0 unspecified atom stereocenters. The second kappa shape index (κ2) is 9.70. The van der Waals surface area contributed by atoms with Crippen molar-refractivity contribution in [3.05, 3.63) is 99.4 Å². The molecule has 1 fully saturated rings. The topological polar surface area (TPSA) is 87.8 Å². The molecule has 3 aromatic rings. The van der Waals surface area contributed by atoms with Gasteiger partial charge >= 0.3 is 5.97 Å². The quantitative estimate of drug-likeness (QED) is 0.305. The minimum atomic E-state index is -1.16. The van der Waals surface area contributed by atoms with Crippen LogP contribution in [-0.4, -0.2) is 33.7 Å². The van der Waals surface area contributed by atoms with Crippen LogP contribution in [0.25, 0.3) is 17.4 Å². The van der Waals surface area contributed by atoms with Crippen LogP contribution in [0.4, 0.5) is 9.18 Å². The van der Waals surface area contributed by atoms with Crippen molar-refractivity contribution in [2.75, 3.05) is 6.54 Å². The lowest BCUT2D eigenvalue weighted by molar-refractivity contribution is -0.122. The molecule has 172 valence electrons. The number of carbonyl (C=O) groups is 3. The molecule has 1 aromatic heterocycles. The van der Waals surface area contributed by atoms with Crippen LogP contribution in [0.15, 0.2) is 76.1 Å². The van der Waals surface area contributed by atoms with Gasteiger partial charge in [0.05, 0.1) is 22.0 Å². The summed E-state index contributed by atoms with van der Waals surface area (Å²) in [6.07, 6.45) is 1.87. The normalized spacial score (nSPS) is 14.8. The maximum absolute atomic E-state index is 13.1. The number of benzene rings is 2. The Morgan fingerprint density at radius 1 is 1.15 bits per heavy atom. The van der Waals surface area contributed by atoms with E-state index in [1.54, 1.807) is 30.3 Å². The van der Waals surface area contributed by atoms with Gasteiger partial charge in [-0.2, -0.15) is 0 Å². The van der Waals surface area contributed by atoms with Gasteiger partial charge in [0.25, 0.3) is 11.1 Å². The van der Waals surface area contributed by atoms with Crippen LogP contribution in [0, 0.1) is 5.82 Å². The third kappa shape index (κ3) is 5.13. The molecule has 1 saturated heterocycles. The summed E-state index contributed by atoms with van der Waals surface area (Å²) in [6.45, 7) is 3.99. The summed E-state index contributed by atoms with van der Waals surface area (Å²) >= 11 is 6.70. The van der Waals surface area contributed by atoms with Gasteiger partial charge in [-0.3, -0.25) is 14.5 Å². The number of halogens is 2. The van der Waals surface area contributed by atoms with Gasteiger partial charge in [0, 0.05) is 11.6 Å². The zero-order chi connectivity index (χ0) is 24.4. The summed E-state index contributed by atoms with van der Waals surface area (Å²) < 4.78 is 18.8. The highest BCUT2D eigenvalue weighted by Crippen LogP contribution is 2.34. The number of hydrogen-bond acceptors (Lipinski definition) is 5. The summed E-state index contributed by atoms with van der Waals surface area (Å²) in [7, 11) is 0. The van der Waals surface area contributed by atoms with E-state index in [1.165, 1.54) is 30.3 Å². The second-order valence-corrected chi connectivity index (χ2v) is 8.92. The number of hydrogen-bond donors (Lipinski definition) is 1. The third-order valence-corrected chi connectivity index (χ3v) is 6.24. The Hall–Kier alpha value is -3.62. The first-order chi connectivity index (χ1) is 16.2. The Morgan fingerprint density at radius 2 is 1.88 bits per heavy atom. The van der Waals surface area contributed by atoms with Gasteiger partial charge in [-0.25, -0.2) is 9.18 Å². The fourth-order valence-corrected chi connectivity index (χ4v) is 4.38. The van der Waals surface area contributed by atoms with Crippen LogP contribution in [0.3, 0.4) is 0 Å². The van der Waals surface area contributed by atoms with Gasteiger partial charge in [-0.15, -0.1) is 0 Å². The number of rotatable bonds is 7. The first-order valence-corrected chi connectivity index (χ1v) is 11.2. The molecular weight excluding hydrogens is 481 g/mol. The highest BCUT2D eigenvalue weighted by atomic mass is 35.5. The summed E-state index contributed by atoms with van der Waals surface area (Å²) in [5.74, 6) is -1.25. The van der Waals surface area contributed by atoms with E-state index in [0.29, 0.717) is 29.1 Å². The molecule has 9 heteroatoms. The van der Waals surface area contributed by atoms with Gasteiger partial charge in [0.1, 0.15) is 17.3 Å². The molecule has 6 nitrogen and oxygen atoms in total. The zero-order valence-electron chi connectivity index (χ0n) is 17.6.